The van der Waals surface area contributed by atoms with Gasteiger partial charge in [0.2, 0.25) is 0 Å². The summed E-state index contributed by atoms with van der Waals surface area (Å²) in [7, 11) is 0. The first-order valence-corrected chi connectivity index (χ1v) is 6.83. The molecule has 0 aromatic rings. The molecule has 0 atom stereocenters. The molecule has 0 aromatic carbocycles. The predicted molar refractivity (Wildman–Crippen MR) is 70.2 cm³/mol. The highest BCUT2D eigenvalue weighted by molar-refractivity contribution is 4.53. The van der Waals surface area contributed by atoms with Crippen molar-refractivity contribution in [2.45, 2.75) is 66.2 Å². The van der Waals surface area contributed by atoms with Crippen molar-refractivity contribution in [3.8, 4) is 0 Å². The van der Waals surface area contributed by atoms with Gasteiger partial charge in [-0.2, -0.15) is 0 Å². The molecule has 0 aliphatic heterocycles. The lowest BCUT2D eigenvalue weighted by Crippen LogP contribution is -2.20. The van der Waals surface area contributed by atoms with Gasteiger partial charge < -0.3 is 5.32 Å². The molecule has 0 rings (SSSR count). The third-order valence-electron chi connectivity index (χ3n) is 2.69. The van der Waals surface area contributed by atoms with Gasteiger partial charge in [0.15, 0.2) is 0 Å². The van der Waals surface area contributed by atoms with E-state index in [-0.39, 0.29) is 0 Å². The van der Waals surface area contributed by atoms with Gasteiger partial charge >= 0.3 is 0 Å². The molecule has 0 aliphatic carbocycles. The minimum atomic E-state index is 0.788. The maximum absolute atomic E-state index is 3.49. The Morgan fingerprint density at radius 3 is 1.93 bits per heavy atom. The predicted octanol–water partition coefficient (Wildman–Crippen LogP) is 4.23. The van der Waals surface area contributed by atoms with E-state index < -0.39 is 0 Å². The summed E-state index contributed by atoms with van der Waals surface area (Å²) in [4.78, 5) is 0. The molecule has 0 unspecified atom stereocenters. The number of nitrogens with one attached hydrogen (secondary N) is 1. The molecule has 15 heavy (non-hydrogen) atoms. The molecule has 0 fully saturated rings. The zero-order chi connectivity index (χ0) is 11.5. The van der Waals surface area contributed by atoms with Crippen molar-refractivity contribution in [1.29, 1.82) is 0 Å². The molecule has 0 radical (unpaired) electrons. The molecule has 0 heterocycles. The van der Waals surface area contributed by atoms with Crippen LogP contribution in [0.1, 0.15) is 66.2 Å². The molecular formula is C14H31N. The molecule has 0 saturated carbocycles. The SMILES string of the molecule is CC(C)CCCCCCCNCC(C)C. The number of unbranched alkanes of at least 4 members (excludes halogenated alkanes) is 4. The van der Waals surface area contributed by atoms with Crippen LogP contribution in [0.3, 0.4) is 0 Å². The van der Waals surface area contributed by atoms with E-state index in [9.17, 15) is 0 Å². The van der Waals surface area contributed by atoms with Crippen LogP contribution in [-0.2, 0) is 0 Å². The Morgan fingerprint density at radius 2 is 1.33 bits per heavy atom. The standard InChI is InChI=1S/C14H31N/c1-13(2)10-8-6-5-7-9-11-15-12-14(3)4/h13-15H,5-12H2,1-4H3. The smallest absolute Gasteiger partial charge is 0.00258 e. The lowest BCUT2D eigenvalue weighted by Gasteiger charge is -2.07. The molecule has 0 saturated heterocycles. The Kier molecular flexibility index (Phi) is 10.4. The average Bonchev–Trinajstić information content (AvgIpc) is 2.14. The van der Waals surface area contributed by atoms with Crippen LogP contribution < -0.4 is 5.32 Å². The van der Waals surface area contributed by atoms with E-state index in [1.54, 1.807) is 0 Å². The molecule has 92 valence electrons. The minimum Gasteiger partial charge on any atom is -0.316 e. The van der Waals surface area contributed by atoms with Gasteiger partial charge in [0, 0.05) is 0 Å². The summed E-state index contributed by atoms with van der Waals surface area (Å²) < 4.78 is 0. The molecule has 1 nitrogen and oxygen atoms in total. The molecule has 1 heteroatoms. The fraction of sp³-hybridized carbons (Fsp3) is 1.00. The van der Waals surface area contributed by atoms with Crippen molar-refractivity contribution in [1.82, 2.24) is 5.32 Å². The largest absolute Gasteiger partial charge is 0.316 e. The van der Waals surface area contributed by atoms with E-state index in [1.807, 2.05) is 0 Å². The lowest BCUT2D eigenvalue weighted by atomic mass is 10.0. The van der Waals surface area contributed by atoms with E-state index in [2.05, 4.69) is 33.0 Å². The highest BCUT2D eigenvalue weighted by Crippen LogP contribution is 2.10. The Morgan fingerprint density at radius 1 is 0.733 bits per heavy atom. The fourth-order valence-electron chi connectivity index (χ4n) is 1.72. The molecular weight excluding hydrogens is 182 g/mol. The van der Waals surface area contributed by atoms with Crippen molar-refractivity contribution in [3.63, 3.8) is 0 Å². The summed E-state index contributed by atoms with van der Waals surface area (Å²) in [5.41, 5.74) is 0. The first kappa shape index (κ1) is 15.0. The minimum absolute atomic E-state index is 0.788. The highest BCUT2D eigenvalue weighted by atomic mass is 14.8. The average molecular weight is 213 g/mol. The molecule has 0 bridgehead atoms. The Balaban J connectivity index is 2.93. The quantitative estimate of drug-likeness (QED) is 0.536. The van der Waals surface area contributed by atoms with Gasteiger partial charge in [-0.3, -0.25) is 0 Å². The van der Waals surface area contributed by atoms with Gasteiger partial charge in [-0.25, -0.2) is 0 Å². The Labute approximate surface area is 97.0 Å². The summed E-state index contributed by atoms with van der Waals surface area (Å²) >= 11 is 0. The Hall–Kier alpha value is -0.0400. The van der Waals surface area contributed by atoms with Crippen molar-refractivity contribution in [3.05, 3.63) is 0 Å². The summed E-state index contributed by atoms with van der Waals surface area (Å²) in [6.45, 7) is 11.5. The van der Waals surface area contributed by atoms with Crippen LogP contribution >= 0.6 is 0 Å². The highest BCUT2D eigenvalue weighted by Gasteiger charge is 1.95. The summed E-state index contributed by atoms with van der Waals surface area (Å²) in [6, 6.07) is 0. The first-order chi connectivity index (χ1) is 7.13. The van der Waals surface area contributed by atoms with Crippen molar-refractivity contribution < 1.29 is 0 Å². The van der Waals surface area contributed by atoms with Gasteiger partial charge in [-0.1, -0.05) is 59.8 Å². The Bertz CT molecular complexity index is 105. The van der Waals surface area contributed by atoms with E-state index in [1.165, 1.54) is 51.6 Å². The van der Waals surface area contributed by atoms with Gasteiger partial charge in [0.1, 0.15) is 0 Å². The van der Waals surface area contributed by atoms with Crippen LogP contribution in [0.25, 0.3) is 0 Å². The molecule has 1 N–H and O–H groups in total. The number of hydrogen-bond acceptors (Lipinski definition) is 1. The summed E-state index contributed by atoms with van der Waals surface area (Å²) in [5, 5.41) is 3.49. The van der Waals surface area contributed by atoms with Gasteiger partial charge in [0.25, 0.3) is 0 Å². The monoisotopic (exact) mass is 213 g/mol. The van der Waals surface area contributed by atoms with Crippen LogP contribution in [0.5, 0.6) is 0 Å². The van der Waals surface area contributed by atoms with Crippen LogP contribution in [0.15, 0.2) is 0 Å². The third kappa shape index (κ3) is 14.0. The van der Waals surface area contributed by atoms with Gasteiger partial charge in [0.05, 0.1) is 0 Å². The van der Waals surface area contributed by atoms with E-state index in [4.69, 9.17) is 0 Å². The third-order valence-corrected chi connectivity index (χ3v) is 2.69. The topological polar surface area (TPSA) is 12.0 Å². The fourth-order valence-corrected chi connectivity index (χ4v) is 1.72. The second-order valence-electron chi connectivity index (χ2n) is 5.55. The van der Waals surface area contributed by atoms with Gasteiger partial charge in [-0.05, 0) is 31.3 Å². The maximum Gasteiger partial charge on any atom is -0.00258 e. The molecule has 0 spiro atoms. The zero-order valence-corrected chi connectivity index (χ0v) is 11.3. The van der Waals surface area contributed by atoms with Gasteiger partial charge in [-0.15, -0.1) is 0 Å². The molecule has 0 amide bonds. The van der Waals surface area contributed by atoms with E-state index in [0.29, 0.717) is 0 Å². The van der Waals surface area contributed by atoms with E-state index in [0.717, 1.165) is 11.8 Å². The first-order valence-electron chi connectivity index (χ1n) is 6.83. The van der Waals surface area contributed by atoms with Crippen molar-refractivity contribution >= 4 is 0 Å². The zero-order valence-electron chi connectivity index (χ0n) is 11.3. The number of rotatable bonds is 10. The van der Waals surface area contributed by atoms with Crippen LogP contribution in [0.4, 0.5) is 0 Å². The lowest BCUT2D eigenvalue weighted by molar-refractivity contribution is 0.499. The summed E-state index contributed by atoms with van der Waals surface area (Å²) in [6.07, 6.45) is 8.46. The van der Waals surface area contributed by atoms with Crippen molar-refractivity contribution in [2.75, 3.05) is 13.1 Å². The molecule has 0 aromatic heterocycles. The maximum atomic E-state index is 3.49. The second kappa shape index (κ2) is 10.5. The van der Waals surface area contributed by atoms with Crippen LogP contribution in [0, 0.1) is 11.8 Å². The second-order valence-corrected chi connectivity index (χ2v) is 5.55. The number of hydrogen-bond donors (Lipinski definition) is 1. The normalized spacial score (nSPS) is 11.6. The van der Waals surface area contributed by atoms with E-state index >= 15 is 0 Å². The van der Waals surface area contributed by atoms with Crippen molar-refractivity contribution in [2.24, 2.45) is 11.8 Å². The molecule has 0 aliphatic rings. The van der Waals surface area contributed by atoms with Crippen LogP contribution in [-0.4, -0.2) is 13.1 Å². The summed E-state index contributed by atoms with van der Waals surface area (Å²) in [5.74, 6) is 1.67. The van der Waals surface area contributed by atoms with Crippen LogP contribution in [0.2, 0.25) is 0 Å².